The van der Waals surface area contributed by atoms with Crippen molar-refractivity contribution in [2.75, 3.05) is 5.32 Å². The zero-order valence-electron chi connectivity index (χ0n) is 14.0. The zero-order valence-corrected chi connectivity index (χ0v) is 14.0. The summed E-state index contributed by atoms with van der Waals surface area (Å²) in [5, 5.41) is 3.05. The van der Waals surface area contributed by atoms with Gasteiger partial charge in [0.15, 0.2) is 0 Å². The molecule has 1 N–H and O–H groups in total. The number of anilines is 1. The topological polar surface area (TPSA) is 46.2 Å². The molecule has 0 aliphatic carbocycles. The van der Waals surface area contributed by atoms with E-state index in [0.717, 1.165) is 42.4 Å². The highest BCUT2D eigenvalue weighted by molar-refractivity contribution is 6.07. The molecule has 1 aliphatic heterocycles. The minimum atomic E-state index is -0.672. The van der Waals surface area contributed by atoms with Gasteiger partial charge in [-0.3, -0.25) is 4.79 Å². The van der Waals surface area contributed by atoms with Crippen LogP contribution in [0.4, 0.5) is 5.69 Å². The van der Waals surface area contributed by atoms with Crippen LogP contribution in [0.3, 0.4) is 0 Å². The Balaban J connectivity index is 2.17. The lowest BCUT2D eigenvalue weighted by atomic mass is 9.64. The van der Waals surface area contributed by atoms with Crippen molar-refractivity contribution in [2.45, 2.75) is 43.9 Å². The quantitative estimate of drug-likeness (QED) is 0.766. The molecule has 0 bridgehead atoms. The van der Waals surface area contributed by atoms with Crippen LogP contribution >= 0.6 is 0 Å². The van der Waals surface area contributed by atoms with E-state index in [9.17, 15) is 9.59 Å². The third-order valence-electron chi connectivity index (χ3n) is 5.11. The second kappa shape index (κ2) is 7.00. The molecule has 1 aliphatic rings. The summed E-state index contributed by atoms with van der Waals surface area (Å²) in [4.78, 5) is 24.6. The number of unbranched alkanes of at least 4 members (excludes halogenated alkanes) is 1. The number of hydrogen-bond donors (Lipinski definition) is 1. The van der Waals surface area contributed by atoms with Crippen molar-refractivity contribution in [1.29, 1.82) is 0 Å². The number of fused-ring (bicyclic) bond motifs is 1. The Bertz CT molecular complexity index is 726. The van der Waals surface area contributed by atoms with Crippen molar-refractivity contribution in [3.63, 3.8) is 0 Å². The first kappa shape index (κ1) is 16.4. The van der Waals surface area contributed by atoms with Crippen LogP contribution in [0.25, 0.3) is 0 Å². The fraction of sp³-hybridized carbons (Fsp3) is 0.333. The molecule has 0 saturated carbocycles. The van der Waals surface area contributed by atoms with E-state index in [1.165, 1.54) is 0 Å². The average Bonchev–Trinajstić information content (AvgIpc) is 2.91. The van der Waals surface area contributed by atoms with Crippen molar-refractivity contribution >= 4 is 17.9 Å². The van der Waals surface area contributed by atoms with Crippen molar-refractivity contribution in [3.8, 4) is 0 Å². The molecule has 0 fully saturated rings. The van der Waals surface area contributed by atoms with Gasteiger partial charge in [0.25, 0.3) is 0 Å². The van der Waals surface area contributed by atoms with Crippen LogP contribution in [-0.4, -0.2) is 12.2 Å². The molecule has 3 nitrogen and oxygen atoms in total. The number of benzene rings is 2. The number of aldehydes is 1. The Morgan fingerprint density at radius 2 is 1.79 bits per heavy atom. The van der Waals surface area contributed by atoms with Crippen molar-refractivity contribution in [3.05, 3.63) is 65.7 Å². The summed E-state index contributed by atoms with van der Waals surface area (Å²) in [5.41, 5.74) is 2.28. The fourth-order valence-corrected chi connectivity index (χ4v) is 3.96. The van der Waals surface area contributed by atoms with Crippen molar-refractivity contribution < 1.29 is 9.59 Å². The second-order valence-corrected chi connectivity index (χ2v) is 6.44. The fourth-order valence-electron chi connectivity index (χ4n) is 3.96. The van der Waals surface area contributed by atoms with Gasteiger partial charge >= 0.3 is 0 Å². The lowest BCUT2D eigenvalue weighted by Crippen LogP contribution is -2.41. The number of amides is 1. The van der Waals surface area contributed by atoms with Gasteiger partial charge in [-0.05, 0) is 23.6 Å². The van der Waals surface area contributed by atoms with E-state index in [1.807, 2.05) is 54.6 Å². The van der Waals surface area contributed by atoms with Crippen LogP contribution in [0.5, 0.6) is 0 Å². The molecular weight excluding hydrogens is 298 g/mol. The van der Waals surface area contributed by atoms with Crippen LogP contribution in [0.2, 0.25) is 0 Å². The molecule has 2 aromatic rings. The maximum atomic E-state index is 13.1. The minimum Gasteiger partial charge on any atom is -0.325 e. The van der Waals surface area contributed by atoms with Crippen LogP contribution in [0.15, 0.2) is 54.6 Å². The lowest BCUT2D eigenvalue weighted by molar-refractivity contribution is -0.122. The summed E-state index contributed by atoms with van der Waals surface area (Å²) in [6.45, 7) is 2.13. The molecule has 24 heavy (non-hydrogen) atoms. The maximum Gasteiger partial charge on any atom is 0.235 e. The van der Waals surface area contributed by atoms with E-state index >= 15 is 0 Å². The lowest BCUT2D eigenvalue weighted by Gasteiger charge is -2.36. The van der Waals surface area contributed by atoms with Crippen LogP contribution in [0.1, 0.15) is 49.7 Å². The summed E-state index contributed by atoms with van der Waals surface area (Å²) in [6, 6.07) is 17.8. The van der Waals surface area contributed by atoms with Gasteiger partial charge in [0.2, 0.25) is 5.91 Å². The highest BCUT2D eigenvalue weighted by Gasteiger charge is 2.51. The number of rotatable bonds is 7. The minimum absolute atomic E-state index is 0.0212. The maximum absolute atomic E-state index is 13.1. The van der Waals surface area contributed by atoms with Gasteiger partial charge in [0, 0.05) is 18.0 Å². The predicted molar refractivity (Wildman–Crippen MR) is 96.1 cm³/mol. The monoisotopic (exact) mass is 321 g/mol. The van der Waals surface area contributed by atoms with E-state index in [-0.39, 0.29) is 11.8 Å². The zero-order chi connectivity index (χ0) is 17.0. The first-order chi connectivity index (χ1) is 11.7. The summed E-state index contributed by atoms with van der Waals surface area (Å²) in [5.74, 6) is -0.126. The van der Waals surface area contributed by atoms with Gasteiger partial charge in [-0.25, -0.2) is 0 Å². The Morgan fingerprint density at radius 1 is 1.08 bits per heavy atom. The first-order valence-corrected chi connectivity index (χ1v) is 8.63. The molecule has 2 atom stereocenters. The Labute approximate surface area is 143 Å². The molecule has 3 rings (SSSR count). The molecular formula is C21H23NO2. The van der Waals surface area contributed by atoms with Crippen molar-refractivity contribution in [1.82, 2.24) is 0 Å². The summed E-state index contributed by atoms with van der Waals surface area (Å²) in [7, 11) is 0. The molecule has 0 spiro atoms. The highest BCUT2D eigenvalue weighted by atomic mass is 16.2. The van der Waals surface area contributed by atoms with Crippen LogP contribution in [0, 0.1) is 0 Å². The Kier molecular flexibility index (Phi) is 4.79. The standard InChI is InChI=1S/C21H23NO2/c1-2-3-14-21(17(13-15-23)16-9-5-4-6-10-16)18-11-7-8-12-19(18)22-20(21)24/h4-12,15,17H,2-3,13-14H2,1H3,(H,22,24). The van der Waals surface area contributed by atoms with Gasteiger partial charge in [0.05, 0.1) is 5.41 Å². The summed E-state index contributed by atoms with van der Waals surface area (Å²) >= 11 is 0. The number of carbonyl (C=O) groups is 2. The second-order valence-electron chi connectivity index (χ2n) is 6.44. The van der Waals surface area contributed by atoms with E-state index in [2.05, 4.69) is 12.2 Å². The van der Waals surface area contributed by atoms with Gasteiger partial charge < -0.3 is 10.1 Å². The smallest absolute Gasteiger partial charge is 0.235 e. The average molecular weight is 321 g/mol. The highest BCUT2D eigenvalue weighted by Crippen LogP contribution is 2.51. The molecule has 2 unspecified atom stereocenters. The van der Waals surface area contributed by atoms with E-state index in [4.69, 9.17) is 0 Å². The molecule has 0 saturated heterocycles. The SMILES string of the molecule is CCCCC1(C(CC=O)c2ccccc2)C(=O)Nc2ccccc21. The van der Waals surface area contributed by atoms with Crippen LogP contribution < -0.4 is 5.32 Å². The van der Waals surface area contributed by atoms with E-state index in [0.29, 0.717) is 6.42 Å². The van der Waals surface area contributed by atoms with Gasteiger partial charge in [-0.1, -0.05) is 68.3 Å². The molecule has 124 valence electrons. The molecule has 1 amide bonds. The van der Waals surface area contributed by atoms with E-state index < -0.39 is 5.41 Å². The van der Waals surface area contributed by atoms with Gasteiger partial charge in [0.1, 0.15) is 6.29 Å². The van der Waals surface area contributed by atoms with Gasteiger partial charge in [-0.2, -0.15) is 0 Å². The third kappa shape index (κ3) is 2.64. The molecule has 1 heterocycles. The molecule has 3 heteroatoms. The molecule has 0 aromatic heterocycles. The Hall–Kier alpha value is -2.42. The summed E-state index contributed by atoms with van der Waals surface area (Å²) in [6.07, 6.45) is 4.00. The summed E-state index contributed by atoms with van der Waals surface area (Å²) < 4.78 is 0. The number of nitrogens with one attached hydrogen (secondary N) is 1. The molecule has 0 radical (unpaired) electrons. The first-order valence-electron chi connectivity index (χ1n) is 8.63. The number of hydrogen-bond acceptors (Lipinski definition) is 2. The van der Waals surface area contributed by atoms with Crippen molar-refractivity contribution in [2.24, 2.45) is 0 Å². The number of para-hydroxylation sites is 1. The third-order valence-corrected chi connectivity index (χ3v) is 5.11. The van der Waals surface area contributed by atoms with E-state index in [1.54, 1.807) is 0 Å². The Morgan fingerprint density at radius 3 is 2.50 bits per heavy atom. The largest absolute Gasteiger partial charge is 0.325 e. The van der Waals surface area contributed by atoms with Crippen LogP contribution in [-0.2, 0) is 15.0 Å². The normalized spacial score (nSPS) is 20.3. The molecule has 2 aromatic carbocycles. The van der Waals surface area contributed by atoms with Gasteiger partial charge in [-0.15, -0.1) is 0 Å². The number of carbonyl (C=O) groups excluding carboxylic acids is 2. The predicted octanol–water partition coefficient (Wildman–Crippen LogP) is 4.44.